The molecule has 3 heteroatoms. The normalized spacial score (nSPS) is 15.4. The molecule has 1 saturated carbocycles. The molecule has 1 aromatic heterocycles. The lowest BCUT2D eigenvalue weighted by Gasteiger charge is -2.01. The van der Waals surface area contributed by atoms with Gasteiger partial charge in [-0.15, -0.1) is 11.3 Å². The van der Waals surface area contributed by atoms with Crippen molar-refractivity contribution in [3.63, 3.8) is 0 Å². The van der Waals surface area contributed by atoms with Crippen LogP contribution in [0.4, 0.5) is 0 Å². The number of rotatable bonds is 9. The van der Waals surface area contributed by atoms with Crippen LogP contribution in [0.3, 0.4) is 0 Å². The zero-order valence-corrected chi connectivity index (χ0v) is 11.5. The van der Waals surface area contributed by atoms with E-state index in [9.17, 15) is 0 Å². The summed E-state index contributed by atoms with van der Waals surface area (Å²) in [7, 11) is 0. The van der Waals surface area contributed by atoms with Gasteiger partial charge in [0.05, 0.1) is 6.61 Å². The van der Waals surface area contributed by atoms with Gasteiger partial charge in [-0.1, -0.05) is 19.8 Å². The number of ether oxygens (including phenoxy) is 1. The SMILES string of the molecule is CCCNCc1ccc(COCCC2CC2)s1. The highest BCUT2D eigenvalue weighted by Crippen LogP contribution is 2.32. The summed E-state index contributed by atoms with van der Waals surface area (Å²) >= 11 is 1.87. The van der Waals surface area contributed by atoms with E-state index in [0.29, 0.717) is 0 Å². The molecule has 0 saturated heterocycles. The van der Waals surface area contributed by atoms with E-state index >= 15 is 0 Å². The minimum absolute atomic E-state index is 0.797. The summed E-state index contributed by atoms with van der Waals surface area (Å²) in [6.07, 6.45) is 5.31. The third-order valence-corrected chi connectivity index (χ3v) is 4.11. The maximum atomic E-state index is 5.70. The van der Waals surface area contributed by atoms with Crippen LogP contribution in [0.25, 0.3) is 0 Å². The van der Waals surface area contributed by atoms with E-state index in [2.05, 4.69) is 24.4 Å². The van der Waals surface area contributed by atoms with E-state index < -0.39 is 0 Å². The van der Waals surface area contributed by atoms with Gasteiger partial charge in [0.1, 0.15) is 0 Å². The van der Waals surface area contributed by atoms with Crippen molar-refractivity contribution in [3.05, 3.63) is 21.9 Å². The number of nitrogens with one attached hydrogen (secondary N) is 1. The minimum Gasteiger partial charge on any atom is -0.376 e. The van der Waals surface area contributed by atoms with Crippen molar-refractivity contribution >= 4 is 11.3 Å². The van der Waals surface area contributed by atoms with Gasteiger partial charge in [0, 0.05) is 22.9 Å². The lowest BCUT2D eigenvalue weighted by molar-refractivity contribution is 0.117. The first-order valence-corrected chi connectivity index (χ1v) is 7.56. The quantitative estimate of drug-likeness (QED) is 0.679. The van der Waals surface area contributed by atoms with Crippen molar-refractivity contribution in [2.75, 3.05) is 13.2 Å². The second kappa shape index (κ2) is 7.14. The molecule has 0 bridgehead atoms. The molecule has 1 aliphatic carbocycles. The van der Waals surface area contributed by atoms with E-state index in [4.69, 9.17) is 4.74 Å². The van der Waals surface area contributed by atoms with Crippen LogP contribution in [0.1, 0.15) is 42.4 Å². The summed E-state index contributed by atoms with van der Waals surface area (Å²) in [5.41, 5.74) is 0. The molecule has 0 atom stereocenters. The Morgan fingerprint density at radius 3 is 2.94 bits per heavy atom. The number of thiophene rings is 1. The van der Waals surface area contributed by atoms with Gasteiger partial charge < -0.3 is 10.1 Å². The molecule has 1 aliphatic rings. The second-order valence-electron chi connectivity index (χ2n) is 4.83. The summed E-state index contributed by atoms with van der Waals surface area (Å²) in [4.78, 5) is 2.77. The Balaban J connectivity index is 1.59. The Labute approximate surface area is 108 Å². The van der Waals surface area contributed by atoms with Gasteiger partial charge in [0.2, 0.25) is 0 Å². The van der Waals surface area contributed by atoms with Gasteiger partial charge >= 0.3 is 0 Å². The van der Waals surface area contributed by atoms with E-state index in [1.807, 2.05) is 11.3 Å². The molecule has 2 rings (SSSR count). The van der Waals surface area contributed by atoms with E-state index in [0.717, 1.165) is 32.2 Å². The van der Waals surface area contributed by atoms with Crippen LogP contribution in [-0.2, 0) is 17.9 Å². The highest BCUT2D eigenvalue weighted by Gasteiger charge is 2.20. The molecule has 2 nitrogen and oxygen atoms in total. The van der Waals surface area contributed by atoms with E-state index in [-0.39, 0.29) is 0 Å². The first-order chi connectivity index (χ1) is 8.38. The maximum absolute atomic E-state index is 5.70. The van der Waals surface area contributed by atoms with Crippen LogP contribution >= 0.6 is 11.3 Å². The third kappa shape index (κ3) is 5.19. The molecule has 96 valence electrons. The standard InChI is InChI=1S/C14H23NOS/c1-2-8-15-10-13-5-6-14(17-13)11-16-9-7-12-3-4-12/h5-6,12,15H,2-4,7-11H2,1H3. The molecule has 1 fully saturated rings. The van der Waals surface area contributed by atoms with Crippen LogP contribution in [-0.4, -0.2) is 13.2 Å². The molecular formula is C14H23NOS. The number of hydrogen-bond donors (Lipinski definition) is 1. The molecule has 1 aromatic rings. The van der Waals surface area contributed by atoms with Gasteiger partial charge in [-0.2, -0.15) is 0 Å². The van der Waals surface area contributed by atoms with Crippen molar-refractivity contribution < 1.29 is 4.74 Å². The Kier molecular flexibility index (Phi) is 5.49. The van der Waals surface area contributed by atoms with Gasteiger partial charge in [0.25, 0.3) is 0 Å². The molecule has 17 heavy (non-hydrogen) atoms. The average Bonchev–Trinajstić information content (AvgIpc) is 3.05. The fourth-order valence-corrected chi connectivity index (χ4v) is 2.74. The highest BCUT2D eigenvalue weighted by atomic mass is 32.1. The zero-order chi connectivity index (χ0) is 11.9. The first kappa shape index (κ1) is 13.1. The molecule has 0 radical (unpaired) electrons. The molecule has 0 unspecified atom stereocenters. The average molecular weight is 253 g/mol. The van der Waals surface area contributed by atoms with Crippen molar-refractivity contribution in [1.29, 1.82) is 0 Å². The molecule has 0 aliphatic heterocycles. The first-order valence-electron chi connectivity index (χ1n) is 6.74. The molecule has 0 amide bonds. The Bertz CT molecular complexity index is 320. The molecule has 1 N–H and O–H groups in total. The van der Waals surface area contributed by atoms with Gasteiger partial charge in [-0.25, -0.2) is 0 Å². The van der Waals surface area contributed by atoms with Crippen molar-refractivity contribution in [2.24, 2.45) is 5.92 Å². The second-order valence-corrected chi connectivity index (χ2v) is 6.08. The van der Waals surface area contributed by atoms with Gasteiger partial charge in [-0.3, -0.25) is 0 Å². The Morgan fingerprint density at radius 2 is 2.18 bits per heavy atom. The predicted molar refractivity (Wildman–Crippen MR) is 73.3 cm³/mol. The molecular weight excluding hydrogens is 230 g/mol. The summed E-state index contributed by atoms with van der Waals surface area (Å²) < 4.78 is 5.70. The minimum atomic E-state index is 0.797. The van der Waals surface area contributed by atoms with Crippen molar-refractivity contribution in [2.45, 2.75) is 45.8 Å². The fourth-order valence-electron chi connectivity index (χ4n) is 1.81. The number of hydrogen-bond acceptors (Lipinski definition) is 3. The predicted octanol–water partition coefficient (Wildman–Crippen LogP) is 3.56. The highest BCUT2D eigenvalue weighted by molar-refractivity contribution is 7.11. The van der Waals surface area contributed by atoms with Crippen molar-refractivity contribution in [3.8, 4) is 0 Å². The smallest absolute Gasteiger partial charge is 0.0809 e. The maximum Gasteiger partial charge on any atom is 0.0809 e. The summed E-state index contributed by atoms with van der Waals surface area (Å²) in [6, 6.07) is 4.41. The Morgan fingerprint density at radius 1 is 1.35 bits per heavy atom. The lowest BCUT2D eigenvalue weighted by Crippen LogP contribution is -2.12. The van der Waals surface area contributed by atoms with E-state index in [1.54, 1.807) is 0 Å². The molecule has 0 aromatic carbocycles. The van der Waals surface area contributed by atoms with Crippen molar-refractivity contribution in [1.82, 2.24) is 5.32 Å². The van der Waals surface area contributed by atoms with Crippen LogP contribution < -0.4 is 5.32 Å². The largest absolute Gasteiger partial charge is 0.376 e. The summed E-state index contributed by atoms with van der Waals surface area (Å²) in [5, 5.41) is 3.42. The zero-order valence-electron chi connectivity index (χ0n) is 10.7. The Hall–Kier alpha value is -0.380. The van der Waals surface area contributed by atoms with Gasteiger partial charge in [-0.05, 0) is 37.4 Å². The van der Waals surface area contributed by atoms with Gasteiger partial charge in [0.15, 0.2) is 0 Å². The fraction of sp³-hybridized carbons (Fsp3) is 0.714. The summed E-state index contributed by atoms with van der Waals surface area (Å²) in [5.74, 6) is 0.979. The van der Waals surface area contributed by atoms with Crippen LogP contribution in [0, 0.1) is 5.92 Å². The van der Waals surface area contributed by atoms with Crippen LogP contribution in [0.2, 0.25) is 0 Å². The van der Waals surface area contributed by atoms with Crippen LogP contribution in [0.5, 0.6) is 0 Å². The molecule has 0 spiro atoms. The third-order valence-electron chi connectivity index (χ3n) is 3.05. The lowest BCUT2D eigenvalue weighted by atomic mass is 10.3. The van der Waals surface area contributed by atoms with Crippen LogP contribution in [0.15, 0.2) is 12.1 Å². The molecule has 1 heterocycles. The van der Waals surface area contributed by atoms with E-state index in [1.165, 1.54) is 35.4 Å². The topological polar surface area (TPSA) is 21.3 Å². The monoisotopic (exact) mass is 253 g/mol. The summed E-state index contributed by atoms with van der Waals surface area (Å²) in [6.45, 7) is 6.03.